The molecule has 0 atom stereocenters. The largest absolute Gasteiger partial charge is 0.381 e. The summed E-state index contributed by atoms with van der Waals surface area (Å²) in [6.07, 6.45) is 2.07. The molecule has 6 heteroatoms. The van der Waals surface area contributed by atoms with Gasteiger partial charge in [0.05, 0.1) is 11.4 Å². The Kier molecular flexibility index (Phi) is 7.55. The molecule has 4 nitrogen and oxygen atoms in total. The Bertz CT molecular complexity index is 275. The first-order chi connectivity index (χ1) is 7.27. The average Bonchev–Trinajstić information content (AvgIpc) is 2.14. The summed E-state index contributed by atoms with van der Waals surface area (Å²) in [5, 5.41) is 0. The predicted molar refractivity (Wildman–Crippen MR) is 65.4 cm³/mol. The Balaban J connectivity index is 3.35. The van der Waals surface area contributed by atoms with Crippen LogP contribution in [0.5, 0.6) is 0 Å². The lowest BCUT2D eigenvalue weighted by molar-refractivity contribution is -0.0100. The molecule has 0 aromatic rings. The van der Waals surface area contributed by atoms with Crippen LogP contribution in [0, 0.1) is 0 Å². The maximum atomic E-state index is 10.6. The molecule has 0 radical (unpaired) electrons. The molecule has 0 N–H and O–H groups in total. The van der Waals surface area contributed by atoms with Gasteiger partial charge < -0.3 is 9.47 Å². The van der Waals surface area contributed by atoms with Gasteiger partial charge in [-0.05, 0) is 33.1 Å². The summed E-state index contributed by atoms with van der Waals surface area (Å²) in [6.45, 7) is 5.17. The van der Waals surface area contributed by atoms with Crippen LogP contribution in [0.25, 0.3) is 0 Å². The Morgan fingerprint density at radius 1 is 1.19 bits per heavy atom. The van der Waals surface area contributed by atoms with Crippen LogP contribution in [0.3, 0.4) is 0 Å². The molecule has 0 unspecified atom stereocenters. The van der Waals surface area contributed by atoms with E-state index < -0.39 is 9.05 Å². The zero-order valence-corrected chi connectivity index (χ0v) is 11.7. The smallest absolute Gasteiger partial charge is 0.232 e. The number of unbranched alkanes of at least 4 members (excludes halogenated alkanes) is 1. The van der Waals surface area contributed by atoms with Gasteiger partial charge in [-0.1, -0.05) is 0 Å². The van der Waals surface area contributed by atoms with Gasteiger partial charge in [-0.2, -0.15) is 0 Å². The molecule has 0 aliphatic carbocycles. The van der Waals surface area contributed by atoms with E-state index in [1.165, 1.54) is 0 Å². The molecule has 0 rings (SSSR count). The summed E-state index contributed by atoms with van der Waals surface area (Å²) in [4.78, 5) is 0. The molecule has 0 aromatic heterocycles. The molecule has 0 heterocycles. The normalized spacial score (nSPS) is 13.0. The van der Waals surface area contributed by atoms with Crippen molar-refractivity contribution < 1.29 is 17.9 Å². The third kappa shape index (κ3) is 10.7. The molecule has 0 aliphatic heterocycles. The third-order valence-corrected chi connectivity index (χ3v) is 3.57. The van der Waals surface area contributed by atoms with Crippen molar-refractivity contribution in [3.8, 4) is 0 Å². The molecular weight excluding hydrogens is 252 g/mol. The van der Waals surface area contributed by atoms with Gasteiger partial charge >= 0.3 is 0 Å². The quantitative estimate of drug-likeness (QED) is 0.477. The Hall–Kier alpha value is 0.160. The van der Waals surface area contributed by atoms with Crippen LogP contribution in [0.2, 0.25) is 0 Å². The maximum absolute atomic E-state index is 10.6. The van der Waals surface area contributed by atoms with E-state index in [-0.39, 0.29) is 11.4 Å². The molecule has 0 aromatic carbocycles. The zero-order chi connectivity index (χ0) is 12.7. The summed E-state index contributed by atoms with van der Waals surface area (Å²) in [6, 6.07) is 0. The van der Waals surface area contributed by atoms with E-state index in [4.69, 9.17) is 20.2 Å². The molecule has 0 fully saturated rings. The second kappa shape index (κ2) is 7.48. The fourth-order valence-electron chi connectivity index (χ4n) is 1.00. The van der Waals surface area contributed by atoms with Gasteiger partial charge in [0, 0.05) is 31.0 Å². The molecular formula is C10H21ClO4S. The first-order valence-corrected chi connectivity index (χ1v) is 7.80. The zero-order valence-electron chi connectivity index (χ0n) is 10.2. The highest BCUT2D eigenvalue weighted by Gasteiger charge is 2.15. The highest BCUT2D eigenvalue weighted by atomic mass is 35.7. The van der Waals surface area contributed by atoms with Crippen LogP contribution < -0.4 is 0 Å². The minimum atomic E-state index is -3.35. The van der Waals surface area contributed by atoms with Gasteiger partial charge in [0.15, 0.2) is 0 Å². The van der Waals surface area contributed by atoms with Crippen LogP contribution >= 0.6 is 10.7 Å². The van der Waals surface area contributed by atoms with E-state index in [0.29, 0.717) is 26.1 Å². The minimum Gasteiger partial charge on any atom is -0.381 e. The van der Waals surface area contributed by atoms with Crippen molar-refractivity contribution in [2.45, 2.75) is 38.7 Å². The summed E-state index contributed by atoms with van der Waals surface area (Å²) >= 11 is 0. The van der Waals surface area contributed by atoms with Crippen molar-refractivity contribution in [1.29, 1.82) is 0 Å². The van der Waals surface area contributed by atoms with Gasteiger partial charge in [0.1, 0.15) is 0 Å². The lowest BCUT2D eigenvalue weighted by Crippen LogP contribution is -2.24. The summed E-state index contributed by atoms with van der Waals surface area (Å²) in [7, 11) is 3.39. The van der Waals surface area contributed by atoms with Crippen molar-refractivity contribution in [2.24, 2.45) is 0 Å². The van der Waals surface area contributed by atoms with Crippen molar-refractivity contribution in [3.63, 3.8) is 0 Å². The minimum absolute atomic E-state index is 0.0154. The van der Waals surface area contributed by atoms with Gasteiger partial charge in [0.2, 0.25) is 9.05 Å². The van der Waals surface area contributed by atoms with E-state index in [9.17, 15) is 8.42 Å². The lowest BCUT2D eigenvalue weighted by Gasteiger charge is -2.22. The van der Waals surface area contributed by atoms with E-state index in [1.807, 2.05) is 13.8 Å². The van der Waals surface area contributed by atoms with Crippen molar-refractivity contribution >= 4 is 19.7 Å². The third-order valence-electron chi connectivity index (χ3n) is 2.33. The number of rotatable bonds is 9. The number of hydrogen-bond donors (Lipinski definition) is 0. The van der Waals surface area contributed by atoms with Crippen LogP contribution in [0.4, 0.5) is 0 Å². The van der Waals surface area contributed by atoms with Gasteiger partial charge in [-0.25, -0.2) is 8.42 Å². The number of halogens is 1. The lowest BCUT2D eigenvalue weighted by atomic mass is 10.1. The van der Waals surface area contributed by atoms with Gasteiger partial charge in [-0.3, -0.25) is 0 Å². The molecule has 0 saturated carbocycles. The molecule has 98 valence electrons. The molecule has 0 bridgehead atoms. The molecule has 0 spiro atoms. The van der Waals surface area contributed by atoms with Crippen LogP contribution in [0.1, 0.15) is 33.1 Å². The number of ether oxygens (including phenoxy) is 2. The monoisotopic (exact) mass is 272 g/mol. The fourth-order valence-corrected chi connectivity index (χ4v) is 1.88. The van der Waals surface area contributed by atoms with Gasteiger partial charge in [0.25, 0.3) is 0 Å². The Labute approximate surface area is 103 Å². The Morgan fingerprint density at radius 3 is 2.31 bits per heavy atom. The second-order valence-corrected chi connectivity index (χ2v) is 7.17. The van der Waals surface area contributed by atoms with Crippen molar-refractivity contribution in [3.05, 3.63) is 0 Å². The summed E-state index contributed by atoms with van der Waals surface area (Å²) < 4.78 is 31.8. The fraction of sp³-hybridized carbons (Fsp3) is 1.00. The van der Waals surface area contributed by atoms with E-state index in [1.54, 1.807) is 7.11 Å². The number of methoxy groups -OCH3 is 1. The highest BCUT2D eigenvalue weighted by Crippen LogP contribution is 2.12. The van der Waals surface area contributed by atoms with Gasteiger partial charge in [-0.15, -0.1) is 0 Å². The SMILES string of the molecule is COC(C)(C)CCOCCCCS(=O)(=O)Cl. The first-order valence-electron chi connectivity index (χ1n) is 5.32. The molecule has 16 heavy (non-hydrogen) atoms. The maximum Gasteiger partial charge on any atom is 0.232 e. The molecule has 0 aliphatic rings. The summed E-state index contributed by atoms with van der Waals surface area (Å²) in [5.74, 6) is 0.0154. The topological polar surface area (TPSA) is 52.6 Å². The van der Waals surface area contributed by atoms with Crippen LogP contribution in [-0.4, -0.2) is 40.1 Å². The van der Waals surface area contributed by atoms with Crippen molar-refractivity contribution in [1.82, 2.24) is 0 Å². The van der Waals surface area contributed by atoms with Crippen molar-refractivity contribution in [2.75, 3.05) is 26.1 Å². The predicted octanol–water partition coefficient (Wildman–Crippen LogP) is 2.17. The molecule has 0 saturated heterocycles. The average molecular weight is 273 g/mol. The Morgan fingerprint density at radius 2 is 1.81 bits per heavy atom. The van der Waals surface area contributed by atoms with E-state index in [2.05, 4.69) is 0 Å². The second-order valence-electron chi connectivity index (χ2n) is 4.28. The molecule has 0 amide bonds. The van der Waals surface area contributed by atoms with E-state index >= 15 is 0 Å². The number of hydrogen-bond acceptors (Lipinski definition) is 4. The van der Waals surface area contributed by atoms with Crippen LogP contribution in [0.15, 0.2) is 0 Å². The van der Waals surface area contributed by atoms with E-state index in [0.717, 1.165) is 6.42 Å². The highest BCUT2D eigenvalue weighted by molar-refractivity contribution is 8.13. The standard InChI is InChI=1S/C10H21ClO4S/c1-10(2,14-3)6-8-15-7-4-5-9-16(11,12)13/h4-9H2,1-3H3. The first kappa shape index (κ1) is 16.2. The summed E-state index contributed by atoms with van der Waals surface area (Å²) in [5.41, 5.74) is -0.167. The van der Waals surface area contributed by atoms with Crippen LogP contribution in [-0.2, 0) is 18.5 Å².